The molecule has 1 heterocycles. The zero-order valence-electron chi connectivity index (χ0n) is 12.7. The summed E-state index contributed by atoms with van der Waals surface area (Å²) in [4.78, 5) is 25.3. The average Bonchev–Trinajstić information content (AvgIpc) is 2.79. The fourth-order valence-corrected chi connectivity index (χ4v) is 3.26. The van der Waals surface area contributed by atoms with Gasteiger partial charge in [0.05, 0.1) is 5.41 Å². The largest absolute Gasteiger partial charge is 0.481 e. The van der Waals surface area contributed by atoms with Crippen molar-refractivity contribution in [2.75, 3.05) is 19.6 Å². The summed E-state index contributed by atoms with van der Waals surface area (Å²) in [6.45, 7) is 7.99. The first-order valence-corrected chi connectivity index (χ1v) is 7.57. The van der Waals surface area contributed by atoms with E-state index in [0.29, 0.717) is 43.8 Å². The third kappa shape index (κ3) is 2.91. The average molecular weight is 282 g/mol. The molecule has 2 unspecified atom stereocenters. The van der Waals surface area contributed by atoms with E-state index in [1.165, 1.54) is 0 Å². The number of hydrogen-bond acceptors (Lipinski definition) is 2. The summed E-state index contributed by atoms with van der Waals surface area (Å²) in [7, 11) is 0. The fourth-order valence-electron chi connectivity index (χ4n) is 3.26. The summed E-state index contributed by atoms with van der Waals surface area (Å²) in [5, 5.41) is 12.4. The highest BCUT2D eigenvalue weighted by Gasteiger charge is 2.47. The van der Waals surface area contributed by atoms with Crippen LogP contribution in [0.1, 0.15) is 46.5 Å². The van der Waals surface area contributed by atoms with Crippen molar-refractivity contribution in [2.24, 2.45) is 16.7 Å². The van der Waals surface area contributed by atoms with Gasteiger partial charge in [-0.1, -0.05) is 27.2 Å². The summed E-state index contributed by atoms with van der Waals surface area (Å²) in [6, 6.07) is -0.105. The van der Waals surface area contributed by atoms with E-state index in [2.05, 4.69) is 19.2 Å². The van der Waals surface area contributed by atoms with Crippen molar-refractivity contribution in [2.45, 2.75) is 46.5 Å². The van der Waals surface area contributed by atoms with Crippen LogP contribution in [0.4, 0.5) is 4.79 Å². The monoisotopic (exact) mass is 282 g/mol. The molecule has 0 bridgehead atoms. The molecule has 2 fully saturated rings. The van der Waals surface area contributed by atoms with E-state index in [4.69, 9.17) is 0 Å². The number of carboxylic acids is 1. The van der Waals surface area contributed by atoms with Crippen LogP contribution in [0.2, 0.25) is 0 Å². The fraction of sp³-hybridized carbons (Fsp3) is 0.867. The van der Waals surface area contributed by atoms with Crippen LogP contribution in [-0.4, -0.2) is 41.6 Å². The van der Waals surface area contributed by atoms with Crippen LogP contribution in [0, 0.1) is 16.7 Å². The molecule has 5 heteroatoms. The number of nitrogens with one attached hydrogen (secondary N) is 1. The maximum atomic E-state index is 12.1. The number of carboxylic acid groups (broad SMARTS) is 1. The summed E-state index contributed by atoms with van der Waals surface area (Å²) in [6.07, 6.45) is 3.19. The normalized spacial score (nSPS) is 31.1. The Bertz CT molecular complexity index is 408. The Balaban J connectivity index is 1.85. The molecule has 1 saturated carbocycles. The van der Waals surface area contributed by atoms with Crippen LogP contribution >= 0.6 is 0 Å². The van der Waals surface area contributed by atoms with Gasteiger partial charge < -0.3 is 15.3 Å². The lowest BCUT2D eigenvalue weighted by atomic mass is 9.83. The van der Waals surface area contributed by atoms with Crippen molar-refractivity contribution in [1.29, 1.82) is 0 Å². The van der Waals surface area contributed by atoms with Gasteiger partial charge in [0.1, 0.15) is 0 Å². The Morgan fingerprint density at radius 3 is 2.55 bits per heavy atom. The molecule has 1 aliphatic carbocycles. The van der Waals surface area contributed by atoms with E-state index >= 15 is 0 Å². The molecular formula is C15H26N2O3. The van der Waals surface area contributed by atoms with Gasteiger partial charge in [0.25, 0.3) is 0 Å². The number of rotatable bonds is 5. The Labute approximate surface area is 120 Å². The molecule has 0 aromatic heterocycles. The number of nitrogens with zero attached hydrogens (tertiary/aromatic N) is 1. The second-order valence-corrected chi connectivity index (χ2v) is 7.08. The number of likely N-dealkylation sites (tertiary alicyclic amines) is 1. The van der Waals surface area contributed by atoms with Gasteiger partial charge in [-0.05, 0) is 30.6 Å². The molecule has 0 radical (unpaired) electrons. The SMILES string of the molecule is CCCC1(C(=O)O)CCN(C(=O)NCC2CC2(C)C)C1. The van der Waals surface area contributed by atoms with Crippen LogP contribution < -0.4 is 5.32 Å². The summed E-state index contributed by atoms with van der Waals surface area (Å²) >= 11 is 0. The molecule has 5 nitrogen and oxygen atoms in total. The molecule has 0 aromatic rings. The number of urea groups is 1. The second-order valence-electron chi connectivity index (χ2n) is 7.08. The quantitative estimate of drug-likeness (QED) is 0.813. The van der Waals surface area contributed by atoms with Crippen LogP contribution in [0.3, 0.4) is 0 Å². The molecule has 2 amide bonds. The van der Waals surface area contributed by atoms with Gasteiger partial charge in [0.2, 0.25) is 0 Å². The van der Waals surface area contributed by atoms with Crippen molar-refractivity contribution >= 4 is 12.0 Å². The predicted molar refractivity (Wildman–Crippen MR) is 76.5 cm³/mol. The standard InChI is InChI=1S/C15H26N2O3/c1-4-5-15(12(18)19)6-7-17(10-15)13(20)16-9-11-8-14(11,2)3/h11H,4-10H2,1-3H3,(H,16,20)(H,18,19). The number of hydrogen-bond donors (Lipinski definition) is 2. The van der Waals surface area contributed by atoms with Gasteiger partial charge in [0.15, 0.2) is 0 Å². The van der Waals surface area contributed by atoms with Gasteiger partial charge in [-0.25, -0.2) is 4.79 Å². The zero-order chi connectivity index (χ0) is 15.0. The van der Waals surface area contributed by atoms with Gasteiger partial charge >= 0.3 is 12.0 Å². The van der Waals surface area contributed by atoms with Crippen molar-refractivity contribution in [3.63, 3.8) is 0 Å². The van der Waals surface area contributed by atoms with E-state index in [0.717, 1.165) is 12.8 Å². The molecule has 2 aliphatic rings. The van der Waals surface area contributed by atoms with Crippen LogP contribution in [0.25, 0.3) is 0 Å². The van der Waals surface area contributed by atoms with Crippen molar-refractivity contribution < 1.29 is 14.7 Å². The Hall–Kier alpha value is -1.26. The molecular weight excluding hydrogens is 256 g/mol. The highest BCUT2D eigenvalue weighted by atomic mass is 16.4. The van der Waals surface area contributed by atoms with E-state index in [9.17, 15) is 14.7 Å². The maximum absolute atomic E-state index is 12.1. The minimum atomic E-state index is -0.766. The van der Waals surface area contributed by atoms with E-state index in [-0.39, 0.29) is 6.03 Å². The van der Waals surface area contributed by atoms with E-state index in [1.54, 1.807) is 4.90 Å². The first kappa shape index (κ1) is 15.1. The van der Waals surface area contributed by atoms with Gasteiger partial charge in [-0.2, -0.15) is 0 Å². The van der Waals surface area contributed by atoms with Gasteiger partial charge in [-0.15, -0.1) is 0 Å². The molecule has 0 spiro atoms. The predicted octanol–water partition coefficient (Wildman–Crippen LogP) is 2.32. The van der Waals surface area contributed by atoms with Crippen LogP contribution in [0.15, 0.2) is 0 Å². The zero-order valence-corrected chi connectivity index (χ0v) is 12.7. The Morgan fingerprint density at radius 2 is 2.05 bits per heavy atom. The lowest BCUT2D eigenvalue weighted by Crippen LogP contribution is -2.42. The van der Waals surface area contributed by atoms with Crippen molar-refractivity contribution in [3.05, 3.63) is 0 Å². The molecule has 0 aromatic carbocycles. The van der Waals surface area contributed by atoms with Crippen LogP contribution in [0.5, 0.6) is 0 Å². The van der Waals surface area contributed by atoms with Crippen molar-refractivity contribution in [3.8, 4) is 0 Å². The summed E-state index contributed by atoms with van der Waals surface area (Å²) in [5.74, 6) is -0.202. The molecule has 1 saturated heterocycles. The van der Waals surface area contributed by atoms with Crippen LogP contribution in [-0.2, 0) is 4.79 Å². The molecule has 2 rings (SSSR count). The third-order valence-corrected chi connectivity index (χ3v) is 5.04. The lowest BCUT2D eigenvalue weighted by molar-refractivity contribution is -0.148. The van der Waals surface area contributed by atoms with Crippen molar-refractivity contribution in [1.82, 2.24) is 10.2 Å². The first-order valence-electron chi connectivity index (χ1n) is 7.57. The minimum absolute atomic E-state index is 0.105. The van der Waals surface area contributed by atoms with E-state index in [1.807, 2.05) is 6.92 Å². The number of aliphatic carboxylic acids is 1. The third-order valence-electron chi connectivity index (χ3n) is 5.04. The van der Waals surface area contributed by atoms with Gasteiger partial charge in [0, 0.05) is 19.6 Å². The summed E-state index contributed by atoms with van der Waals surface area (Å²) < 4.78 is 0. The molecule has 1 aliphatic heterocycles. The molecule has 20 heavy (non-hydrogen) atoms. The molecule has 2 N–H and O–H groups in total. The van der Waals surface area contributed by atoms with Gasteiger partial charge in [-0.3, -0.25) is 4.79 Å². The van der Waals surface area contributed by atoms with E-state index < -0.39 is 11.4 Å². The highest BCUT2D eigenvalue weighted by Crippen LogP contribution is 2.51. The number of carbonyl (C=O) groups is 2. The smallest absolute Gasteiger partial charge is 0.317 e. The minimum Gasteiger partial charge on any atom is -0.481 e. The Kier molecular flexibility index (Phi) is 3.98. The number of carbonyl (C=O) groups excluding carboxylic acids is 1. The maximum Gasteiger partial charge on any atom is 0.317 e. The first-order chi connectivity index (χ1) is 9.31. The number of amides is 2. The molecule has 114 valence electrons. The topological polar surface area (TPSA) is 69.6 Å². The molecule has 2 atom stereocenters. The highest BCUT2D eigenvalue weighted by molar-refractivity contribution is 5.79. The second kappa shape index (κ2) is 5.26. The lowest BCUT2D eigenvalue weighted by Gasteiger charge is -2.24. The Morgan fingerprint density at radius 1 is 1.40 bits per heavy atom. The summed E-state index contributed by atoms with van der Waals surface area (Å²) in [5.41, 5.74) is -0.379.